The van der Waals surface area contributed by atoms with Gasteiger partial charge in [-0.15, -0.1) is 0 Å². The Morgan fingerprint density at radius 1 is 1.00 bits per heavy atom. The van der Waals surface area contributed by atoms with Crippen LogP contribution in [0.4, 0.5) is 4.79 Å². The summed E-state index contributed by atoms with van der Waals surface area (Å²) >= 11 is 0. The molecule has 5 rings (SSSR count). The van der Waals surface area contributed by atoms with Gasteiger partial charge in [0.15, 0.2) is 0 Å². The second-order valence-electron chi connectivity index (χ2n) is 12.2. The fourth-order valence-electron chi connectivity index (χ4n) is 8.89. The van der Waals surface area contributed by atoms with Gasteiger partial charge < -0.3 is 14.7 Å². The predicted molar refractivity (Wildman–Crippen MR) is 118 cm³/mol. The lowest BCUT2D eigenvalue weighted by Gasteiger charge is -2.60. The lowest BCUT2D eigenvalue weighted by atomic mass is 9.45. The summed E-state index contributed by atoms with van der Waals surface area (Å²) in [6.45, 7) is 6.97. The molecule has 0 radical (unpaired) electrons. The van der Waals surface area contributed by atoms with Crippen LogP contribution in [0.5, 0.6) is 0 Å². The van der Waals surface area contributed by atoms with Crippen molar-refractivity contribution in [2.45, 2.75) is 97.0 Å². The molecule has 170 valence electrons. The van der Waals surface area contributed by atoms with E-state index in [1.54, 1.807) is 4.90 Å². The van der Waals surface area contributed by atoms with E-state index < -0.39 is 0 Å². The molecule has 1 N–H and O–H groups in total. The molecule has 4 nitrogen and oxygen atoms in total. The van der Waals surface area contributed by atoms with Crippen LogP contribution in [0.25, 0.3) is 0 Å². The maximum atomic E-state index is 12.4. The van der Waals surface area contributed by atoms with Gasteiger partial charge in [-0.2, -0.15) is 0 Å². The number of carbonyl (C=O) groups excluding carboxylic acids is 1. The number of hydrogen-bond acceptors (Lipinski definition) is 3. The summed E-state index contributed by atoms with van der Waals surface area (Å²) in [5, 5.41) is 9.82. The largest absolute Gasteiger partial charge is 0.449 e. The number of aliphatic hydroxyl groups excluding tert-OH is 1. The van der Waals surface area contributed by atoms with Gasteiger partial charge in [0, 0.05) is 13.1 Å². The van der Waals surface area contributed by atoms with Gasteiger partial charge in [0.2, 0.25) is 0 Å². The van der Waals surface area contributed by atoms with Crippen molar-refractivity contribution < 1.29 is 14.6 Å². The summed E-state index contributed by atoms with van der Waals surface area (Å²) in [4.78, 5) is 14.1. The number of piperidine rings is 1. The molecule has 5 fully saturated rings. The van der Waals surface area contributed by atoms with Crippen LogP contribution in [-0.4, -0.2) is 41.9 Å². The molecule has 1 saturated heterocycles. The minimum absolute atomic E-state index is 0.210. The van der Waals surface area contributed by atoms with Crippen molar-refractivity contribution >= 4 is 6.09 Å². The molecule has 1 amide bonds. The second kappa shape index (κ2) is 7.98. The van der Waals surface area contributed by atoms with Crippen LogP contribution in [0.2, 0.25) is 0 Å². The number of rotatable bonds is 2. The molecule has 0 bridgehead atoms. The van der Waals surface area contributed by atoms with Crippen LogP contribution in [0.3, 0.4) is 0 Å². The number of nitrogens with zero attached hydrogens (tertiary/aromatic N) is 1. The lowest BCUT2D eigenvalue weighted by molar-refractivity contribution is -0.114. The summed E-state index contributed by atoms with van der Waals surface area (Å²) in [5.41, 5.74) is 1.17. The van der Waals surface area contributed by atoms with Crippen molar-refractivity contribution in [2.75, 3.05) is 19.7 Å². The van der Waals surface area contributed by atoms with Crippen molar-refractivity contribution in [3.8, 4) is 0 Å². The van der Waals surface area contributed by atoms with Crippen molar-refractivity contribution in [1.82, 2.24) is 4.90 Å². The monoisotopic (exact) mass is 417 g/mol. The van der Waals surface area contributed by atoms with Gasteiger partial charge in [0.05, 0.1) is 12.7 Å². The van der Waals surface area contributed by atoms with Crippen molar-refractivity contribution in [3.05, 3.63) is 0 Å². The van der Waals surface area contributed by atoms with Crippen LogP contribution in [-0.2, 0) is 4.74 Å². The van der Waals surface area contributed by atoms with Crippen LogP contribution < -0.4 is 0 Å². The molecular formula is C26H43NO3. The Kier molecular flexibility index (Phi) is 5.61. The third kappa shape index (κ3) is 3.59. The van der Waals surface area contributed by atoms with E-state index in [-0.39, 0.29) is 12.2 Å². The van der Waals surface area contributed by atoms with Crippen LogP contribution >= 0.6 is 0 Å². The maximum Gasteiger partial charge on any atom is 0.409 e. The van der Waals surface area contributed by atoms with E-state index in [2.05, 4.69) is 13.8 Å². The zero-order chi connectivity index (χ0) is 20.9. The molecule has 0 aromatic carbocycles. The SMILES string of the molecule is C[C@@]12CCC[C@H]1[C@@H]1CCC3CC(COC(=O)N4CCCC(O)C4)CC[C@]3(C)[C@@H]1CC2. The average Bonchev–Trinajstić information content (AvgIpc) is 3.13. The number of fused-ring (bicyclic) bond motifs is 5. The Hall–Kier alpha value is -0.770. The van der Waals surface area contributed by atoms with Crippen molar-refractivity contribution in [3.63, 3.8) is 0 Å². The molecular weight excluding hydrogens is 374 g/mol. The Labute approximate surface area is 183 Å². The molecule has 8 atom stereocenters. The summed E-state index contributed by atoms with van der Waals surface area (Å²) in [7, 11) is 0. The molecule has 4 saturated carbocycles. The number of aliphatic hydroxyl groups is 1. The molecule has 1 aliphatic heterocycles. The number of ether oxygens (including phenoxy) is 1. The Bertz CT molecular complexity index is 652. The standard InChI is InChI=1S/C26H43NO3/c1-25-11-3-6-22(25)21-8-7-19-15-18(9-13-26(19,2)23(21)10-12-25)17-30-24(29)27-14-4-5-20(28)16-27/h18-23,28H,3-17H2,1-2H3/t18?,19?,20?,21-,22-,23+,25-,26-/m0/s1. The lowest BCUT2D eigenvalue weighted by Crippen LogP contribution is -2.53. The molecule has 4 heteroatoms. The molecule has 0 spiro atoms. The minimum atomic E-state index is -0.380. The number of amides is 1. The van der Waals surface area contributed by atoms with Crippen LogP contribution in [0.15, 0.2) is 0 Å². The van der Waals surface area contributed by atoms with Crippen molar-refractivity contribution in [1.29, 1.82) is 0 Å². The number of hydrogen-bond donors (Lipinski definition) is 1. The third-order valence-corrected chi connectivity index (χ3v) is 10.7. The molecule has 5 aliphatic rings. The topological polar surface area (TPSA) is 49.8 Å². The fourth-order valence-corrected chi connectivity index (χ4v) is 8.89. The summed E-state index contributed by atoms with van der Waals surface area (Å²) < 4.78 is 5.73. The van der Waals surface area contributed by atoms with E-state index in [9.17, 15) is 9.90 Å². The maximum absolute atomic E-state index is 12.4. The quantitative estimate of drug-likeness (QED) is 0.633. The van der Waals surface area contributed by atoms with E-state index in [4.69, 9.17) is 4.74 Å². The first-order chi connectivity index (χ1) is 14.4. The first-order valence-electron chi connectivity index (χ1n) is 13.0. The van der Waals surface area contributed by atoms with Crippen LogP contribution in [0, 0.1) is 40.4 Å². The molecule has 1 heterocycles. The first-order valence-corrected chi connectivity index (χ1v) is 13.0. The molecule has 4 aliphatic carbocycles. The number of likely N-dealkylation sites (tertiary alicyclic amines) is 1. The Morgan fingerprint density at radius 2 is 1.87 bits per heavy atom. The van der Waals surface area contributed by atoms with Gasteiger partial charge in [-0.1, -0.05) is 20.3 Å². The Balaban J connectivity index is 1.18. The number of carbonyl (C=O) groups is 1. The van der Waals surface area contributed by atoms with Crippen LogP contribution in [0.1, 0.15) is 90.9 Å². The van der Waals surface area contributed by atoms with Gasteiger partial charge in [0.1, 0.15) is 0 Å². The molecule has 0 aromatic heterocycles. The first kappa shape index (κ1) is 21.1. The summed E-state index contributed by atoms with van der Waals surface area (Å²) in [6, 6.07) is 0. The highest BCUT2D eigenvalue weighted by atomic mass is 16.6. The zero-order valence-electron chi connectivity index (χ0n) is 19.3. The van der Waals surface area contributed by atoms with Gasteiger partial charge in [0.25, 0.3) is 0 Å². The van der Waals surface area contributed by atoms with Gasteiger partial charge in [-0.3, -0.25) is 0 Å². The summed E-state index contributed by atoms with van der Waals surface area (Å²) in [6.07, 6.45) is 15.1. The molecule has 0 aromatic rings. The highest BCUT2D eigenvalue weighted by Crippen LogP contribution is 2.66. The summed E-state index contributed by atoms with van der Waals surface area (Å²) in [5.74, 6) is 4.25. The highest BCUT2D eigenvalue weighted by molar-refractivity contribution is 5.67. The van der Waals surface area contributed by atoms with E-state index in [0.717, 1.165) is 43.1 Å². The molecule has 3 unspecified atom stereocenters. The smallest absolute Gasteiger partial charge is 0.409 e. The molecule has 30 heavy (non-hydrogen) atoms. The van der Waals surface area contributed by atoms with E-state index in [0.29, 0.717) is 29.9 Å². The van der Waals surface area contributed by atoms with E-state index in [1.165, 1.54) is 64.2 Å². The zero-order valence-corrected chi connectivity index (χ0v) is 19.3. The van der Waals surface area contributed by atoms with Gasteiger partial charge in [-0.05, 0) is 111 Å². The second-order valence-corrected chi connectivity index (χ2v) is 12.2. The minimum Gasteiger partial charge on any atom is -0.449 e. The predicted octanol–water partition coefficient (Wildman–Crippen LogP) is 5.63. The van der Waals surface area contributed by atoms with Crippen molar-refractivity contribution in [2.24, 2.45) is 40.4 Å². The van der Waals surface area contributed by atoms with E-state index >= 15 is 0 Å². The normalized spacial score (nSPS) is 48.4. The Morgan fingerprint density at radius 3 is 2.70 bits per heavy atom. The number of β-amino-alcohol motifs (C(OH)–C–C–N with tert-alkyl or cyclic N) is 1. The van der Waals surface area contributed by atoms with Gasteiger partial charge in [-0.25, -0.2) is 4.79 Å². The van der Waals surface area contributed by atoms with E-state index in [1.807, 2.05) is 0 Å². The van der Waals surface area contributed by atoms with Gasteiger partial charge >= 0.3 is 6.09 Å². The highest BCUT2D eigenvalue weighted by Gasteiger charge is 2.57. The third-order valence-electron chi connectivity index (χ3n) is 10.7. The fraction of sp³-hybridized carbons (Fsp3) is 0.962. The average molecular weight is 418 g/mol.